The molecule has 0 aromatic carbocycles. The van der Waals surface area contributed by atoms with Gasteiger partial charge in [-0.25, -0.2) is 4.79 Å². The molecule has 0 bridgehead atoms. The van der Waals surface area contributed by atoms with Gasteiger partial charge in [0.1, 0.15) is 5.69 Å². The molecule has 30 heavy (non-hydrogen) atoms. The van der Waals surface area contributed by atoms with E-state index < -0.39 is 5.60 Å². The van der Waals surface area contributed by atoms with Crippen LogP contribution in [0.4, 0.5) is 10.5 Å². The lowest BCUT2D eigenvalue weighted by Crippen LogP contribution is -2.52. The molecule has 10 heteroatoms. The Balaban J connectivity index is 1.42. The fourth-order valence-electron chi connectivity index (χ4n) is 3.97. The Morgan fingerprint density at radius 1 is 1.37 bits per heavy atom. The van der Waals surface area contributed by atoms with Gasteiger partial charge in [-0.2, -0.15) is 10.2 Å². The van der Waals surface area contributed by atoms with Crippen LogP contribution < -0.4 is 5.32 Å². The Labute approximate surface area is 173 Å². The number of aliphatic hydroxyl groups is 1. The smallest absolute Gasteiger partial charge is 0.322 e. The topological polar surface area (TPSA) is 121 Å². The largest absolute Gasteiger partial charge is 0.389 e. The number of fused-ring (bicyclic) bond motifs is 1. The number of H-pyrrole nitrogens is 1. The number of nitrogens with one attached hydrogen (secondary N) is 2. The maximum atomic E-state index is 12.9. The van der Waals surface area contributed by atoms with Gasteiger partial charge in [-0.1, -0.05) is 0 Å². The summed E-state index contributed by atoms with van der Waals surface area (Å²) in [5.74, 6) is 0. The number of nitrogens with zero attached hydrogens (tertiary/aromatic N) is 5. The van der Waals surface area contributed by atoms with E-state index in [0.29, 0.717) is 43.4 Å². The van der Waals surface area contributed by atoms with Crippen molar-refractivity contribution in [3.8, 4) is 11.4 Å². The van der Waals surface area contributed by atoms with E-state index in [1.54, 1.807) is 37.1 Å². The van der Waals surface area contributed by atoms with E-state index in [0.717, 1.165) is 23.7 Å². The predicted octanol–water partition coefficient (Wildman–Crippen LogP) is 1.99. The number of carbonyl (C=O) groups is 1. The molecule has 158 valence electrons. The van der Waals surface area contributed by atoms with Gasteiger partial charge < -0.3 is 20.1 Å². The lowest BCUT2D eigenvalue weighted by molar-refractivity contribution is 0.00404. The van der Waals surface area contributed by atoms with Crippen LogP contribution in [0.15, 0.2) is 24.7 Å². The van der Waals surface area contributed by atoms with Gasteiger partial charge in [-0.15, -0.1) is 0 Å². The van der Waals surface area contributed by atoms with Crippen molar-refractivity contribution < 1.29 is 14.6 Å². The predicted molar refractivity (Wildman–Crippen MR) is 110 cm³/mol. The highest BCUT2D eigenvalue weighted by Gasteiger charge is 2.52. The van der Waals surface area contributed by atoms with E-state index in [1.165, 1.54) is 0 Å². The minimum atomic E-state index is -0.896. The van der Waals surface area contributed by atoms with Crippen molar-refractivity contribution in [2.24, 2.45) is 0 Å². The van der Waals surface area contributed by atoms with Crippen LogP contribution in [0.2, 0.25) is 0 Å². The normalized spacial score (nSPS) is 18.2. The fourth-order valence-corrected chi connectivity index (χ4v) is 3.97. The van der Waals surface area contributed by atoms with Gasteiger partial charge in [0.25, 0.3) is 0 Å². The average molecular weight is 411 g/mol. The van der Waals surface area contributed by atoms with Gasteiger partial charge in [0.05, 0.1) is 60.2 Å². The second-order valence-corrected chi connectivity index (χ2v) is 8.76. The molecule has 2 amide bonds. The lowest BCUT2D eigenvalue weighted by Gasteiger charge is -2.35. The molecule has 10 nitrogen and oxygen atoms in total. The van der Waals surface area contributed by atoms with Crippen molar-refractivity contribution in [1.29, 1.82) is 0 Å². The van der Waals surface area contributed by atoms with Crippen molar-refractivity contribution >= 4 is 22.6 Å². The molecule has 0 unspecified atom stereocenters. The Morgan fingerprint density at radius 2 is 2.20 bits per heavy atom. The van der Waals surface area contributed by atoms with Crippen LogP contribution in [-0.4, -0.2) is 71.9 Å². The summed E-state index contributed by atoms with van der Waals surface area (Å²) in [5, 5.41) is 25.4. The third-order valence-corrected chi connectivity index (χ3v) is 5.67. The van der Waals surface area contributed by atoms with E-state index in [4.69, 9.17) is 4.74 Å². The Morgan fingerprint density at radius 3 is 2.97 bits per heavy atom. The minimum Gasteiger partial charge on any atom is -0.389 e. The molecule has 0 radical (unpaired) electrons. The van der Waals surface area contributed by atoms with Gasteiger partial charge in [-0.05, 0) is 32.8 Å². The molecule has 1 saturated carbocycles. The number of morpholine rings is 1. The Kier molecular flexibility index (Phi) is 4.30. The number of aromatic amines is 1. The van der Waals surface area contributed by atoms with Crippen LogP contribution >= 0.6 is 0 Å². The number of carbonyl (C=O) groups excluding carboxylic acids is 1. The molecule has 4 heterocycles. The Bertz CT molecular complexity index is 1090. The number of hydrogen-bond acceptors (Lipinski definition) is 6. The maximum Gasteiger partial charge on any atom is 0.322 e. The van der Waals surface area contributed by atoms with Crippen LogP contribution in [0.1, 0.15) is 26.7 Å². The third kappa shape index (κ3) is 3.41. The summed E-state index contributed by atoms with van der Waals surface area (Å²) in [7, 11) is 0. The summed E-state index contributed by atoms with van der Waals surface area (Å²) >= 11 is 0. The summed E-state index contributed by atoms with van der Waals surface area (Å²) in [6, 6.07) is 1.74. The van der Waals surface area contributed by atoms with E-state index in [2.05, 4.69) is 25.6 Å². The van der Waals surface area contributed by atoms with Crippen LogP contribution in [0, 0.1) is 0 Å². The van der Waals surface area contributed by atoms with Crippen molar-refractivity contribution in [2.45, 2.75) is 44.4 Å². The first-order valence-corrected chi connectivity index (χ1v) is 10.1. The zero-order valence-electron chi connectivity index (χ0n) is 17.1. The second kappa shape index (κ2) is 6.78. The summed E-state index contributed by atoms with van der Waals surface area (Å²) in [6.45, 7) is 5.57. The van der Waals surface area contributed by atoms with Crippen molar-refractivity contribution in [3.05, 3.63) is 24.7 Å². The molecule has 3 N–H and O–H groups in total. The van der Waals surface area contributed by atoms with Crippen LogP contribution in [0.3, 0.4) is 0 Å². The van der Waals surface area contributed by atoms with E-state index in [-0.39, 0.29) is 11.6 Å². The van der Waals surface area contributed by atoms with Crippen LogP contribution in [0.25, 0.3) is 22.3 Å². The van der Waals surface area contributed by atoms with E-state index in [9.17, 15) is 9.90 Å². The number of hydrogen-bond donors (Lipinski definition) is 3. The van der Waals surface area contributed by atoms with E-state index in [1.807, 2.05) is 11.0 Å². The Hall–Kier alpha value is -2.98. The molecule has 1 aliphatic carbocycles. The molecular formula is C20H25N7O3. The first-order valence-electron chi connectivity index (χ1n) is 10.1. The molecule has 1 aliphatic heterocycles. The summed E-state index contributed by atoms with van der Waals surface area (Å²) in [4.78, 5) is 19.3. The number of amides is 2. The van der Waals surface area contributed by atoms with Gasteiger partial charge in [0, 0.05) is 18.1 Å². The van der Waals surface area contributed by atoms with Crippen LogP contribution in [-0.2, 0) is 11.3 Å². The van der Waals surface area contributed by atoms with Gasteiger partial charge in [0.2, 0.25) is 0 Å². The number of urea groups is 1. The molecule has 3 aromatic heterocycles. The summed E-state index contributed by atoms with van der Waals surface area (Å²) in [5.41, 5.74) is 1.64. The number of pyridine rings is 1. The van der Waals surface area contributed by atoms with Crippen molar-refractivity contribution in [3.63, 3.8) is 0 Å². The molecule has 1 spiro atoms. The molecule has 2 fully saturated rings. The summed E-state index contributed by atoms with van der Waals surface area (Å²) in [6.07, 6.45) is 6.99. The lowest BCUT2D eigenvalue weighted by atomic mass is 10.1. The zero-order valence-corrected chi connectivity index (χ0v) is 17.1. The van der Waals surface area contributed by atoms with Crippen LogP contribution in [0.5, 0.6) is 0 Å². The second-order valence-electron chi connectivity index (χ2n) is 8.76. The molecule has 5 rings (SSSR count). The first kappa shape index (κ1) is 19.0. The first-order chi connectivity index (χ1) is 14.3. The molecule has 1 saturated heterocycles. The molecule has 0 atom stereocenters. The standard InChI is InChI=1S/C20H25N7O3/c1-19(2,29)11-27-16-7-14(21-8-13(16)9-23-27)17-15(10-22-25-17)24-18(28)26-5-6-30-12-20(26)3-4-20/h7-10,29H,3-6,11-12H2,1-2H3,(H,22,25)(H,24,28). The van der Waals surface area contributed by atoms with Gasteiger partial charge >= 0.3 is 6.03 Å². The average Bonchev–Trinajstić information content (AvgIpc) is 3.12. The number of aromatic nitrogens is 5. The SMILES string of the molecule is CC(C)(O)Cn1ncc2cnc(-c3[nH]ncc3NC(=O)N3CCOCC34CC4)cc21. The molecule has 2 aliphatic rings. The highest BCUT2D eigenvalue weighted by molar-refractivity contribution is 5.94. The van der Waals surface area contributed by atoms with E-state index >= 15 is 0 Å². The van der Waals surface area contributed by atoms with Gasteiger partial charge in [-0.3, -0.25) is 14.8 Å². The van der Waals surface area contributed by atoms with Gasteiger partial charge in [0.15, 0.2) is 0 Å². The molecular weight excluding hydrogens is 386 g/mol. The number of ether oxygens (including phenoxy) is 1. The highest BCUT2D eigenvalue weighted by atomic mass is 16.5. The number of anilines is 1. The zero-order chi connectivity index (χ0) is 20.9. The fraction of sp³-hybridized carbons (Fsp3) is 0.500. The minimum absolute atomic E-state index is 0.146. The molecule has 3 aromatic rings. The number of rotatable bonds is 4. The third-order valence-electron chi connectivity index (χ3n) is 5.67. The quantitative estimate of drug-likeness (QED) is 0.604. The van der Waals surface area contributed by atoms with Crippen molar-refractivity contribution in [1.82, 2.24) is 29.9 Å². The monoisotopic (exact) mass is 411 g/mol. The maximum absolute atomic E-state index is 12.9. The highest BCUT2D eigenvalue weighted by Crippen LogP contribution is 2.44. The van der Waals surface area contributed by atoms with Crippen molar-refractivity contribution in [2.75, 3.05) is 25.1 Å². The summed E-state index contributed by atoms with van der Waals surface area (Å²) < 4.78 is 7.31.